The van der Waals surface area contributed by atoms with Crippen LogP contribution >= 0.6 is 23.7 Å². The fraction of sp³-hybridized carbons (Fsp3) is 0.333. The van der Waals surface area contributed by atoms with Gasteiger partial charge in [0.25, 0.3) is 0 Å². The Bertz CT molecular complexity index is 627. The van der Waals surface area contributed by atoms with E-state index in [0.29, 0.717) is 11.7 Å². The van der Waals surface area contributed by atoms with Crippen LogP contribution in [0.15, 0.2) is 23.6 Å². The number of aryl methyl sites for hydroxylation is 2. The minimum Gasteiger partial charge on any atom is -0.330 e. The van der Waals surface area contributed by atoms with Crippen molar-refractivity contribution >= 4 is 34.8 Å². The summed E-state index contributed by atoms with van der Waals surface area (Å²) in [4.78, 5) is 16.2. The number of hydrogen-bond acceptors (Lipinski definition) is 4. The summed E-state index contributed by atoms with van der Waals surface area (Å²) in [7, 11) is 0. The Balaban J connectivity index is 0.00000220. The van der Waals surface area contributed by atoms with Crippen LogP contribution in [-0.2, 0) is 4.79 Å². The van der Waals surface area contributed by atoms with Crippen molar-refractivity contribution in [2.24, 2.45) is 11.7 Å². The van der Waals surface area contributed by atoms with Gasteiger partial charge in [0.2, 0.25) is 5.91 Å². The maximum atomic E-state index is 11.8. The molecule has 1 atom stereocenters. The first-order chi connectivity index (χ1) is 9.51. The molecule has 1 heterocycles. The van der Waals surface area contributed by atoms with E-state index in [-0.39, 0.29) is 24.2 Å². The molecular weight excluding hydrogens is 306 g/mol. The second kappa shape index (κ2) is 7.54. The lowest BCUT2D eigenvalue weighted by Gasteiger charge is -2.06. The number of hydrogen-bond donors (Lipinski definition) is 2. The van der Waals surface area contributed by atoms with E-state index in [9.17, 15) is 4.79 Å². The Morgan fingerprint density at radius 3 is 2.71 bits per heavy atom. The Morgan fingerprint density at radius 2 is 2.10 bits per heavy atom. The summed E-state index contributed by atoms with van der Waals surface area (Å²) in [6, 6.07) is 6.24. The first-order valence-electron chi connectivity index (χ1n) is 6.55. The normalized spacial score (nSPS) is 11.6. The SMILES string of the molecule is Cc1ccc(-c2csc(NC(=O)C(C)CN)n2)cc1C.Cl. The van der Waals surface area contributed by atoms with Crippen LogP contribution < -0.4 is 11.1 Å². The molecule has 2 rings (SSSR count). The number of aromatic nitrogens is 1. The van der Waals surface area contributed by atoms with Crippen LogP contribution in [0.2, 0.25) is 0 Å². The van der Waals surface area contributed by atoms with Gasteiger partial charge in [-0.15, -0.1) is 23.7 Å². The standard InChI is InChI=1S/C15H19N3OS.ClH/c1-9-4-5-12(6-10(9)2)13-8-20-15(17-13)18-14(19)11(3)7-16;/h4-6,8,11H,7,16H2,1-3H3,(H,17,18,19);1H. The van der Waals surface area contributed by atoms with Gasteiger partial charge < -0.3 is 11.1 Å². The number of benzene rings is 1. The quantitative estimate of drug-likeness (QED) is 0.905. The van der Waals surface area contributed by atoms with Crippen molar-refractivity contribution in [1.82, 2.24) is 4.98 Å². The third kappa shape index (κ3) is 4.27. The van der Waals surface area contributed by atoms with Crippen molar-refractivity contribution in [2.75, 3.05) is 11.9 Å². The number of rotatable bonds is 4. The van der Waals surface area contributed by atoms with E-state index in [0.717, 1.165) is 11.3 Å². The van der Waals surface area contributed by atoms with E-state index in [4.69, 9.17) is 5.73 Å². The van der Waals surface area contributed by atoms with Crippen molar-refractivity contribution < 1.29 is 4.79 Å². The molecule has 1 aromatic heterocycles. The highest BCUT2D eigenvalue weighted by atomic mass is 35.5. The van der Waals surface area contributed by atoms with Gasteiger partial charge in [0.05, 0.1) is 5.69 Å². The van der Waals surface area contributed by atoms with Gasteiger partial charge >= 0.3 is 0 Å². The summed E-state index contributed by atoms with van der Waals surface area (Å²) in [6.45, 7) is 6.30. The lowest BCUT2D eigenvalue weighted by atomic mass is 10.1. The van der Waals surface area contributed by atoms with Crippen LogP contribution in [0.1, 0.15) is 18.1 Å². The molecule has 1 amide bonds. The summed E-state index contributed by atoms with van der Waals surface area (Å²) >= 11 is 1.43. The third-order valence-electron chi connectivity index (χ3n) is 3.34. The maximum Gasteiger partial charge on any atom is 0.230 e. The van der Waals surface area contributed by atoms with Crippen LogP contribution in [0.4, 0.5) is 5.13 Å². The number of anilines is 1. The molecule has 1 unspecified atom stereocenters. The van der Waals surface area contributed by atoms with Gasteiger partial charge in [-0.1, -0.05) is 19.1 Å². The largest absolute Gasteiger partial charge is 0.330 e. The molecule has 0 spiro atoms. The van der Waals surface area contributed by atoms with Gasteiger partial charge in [-0.05, 0) is 31.0 Å². The second-order valence-corrected chi connectivity index (χ2v) is 5.82. The molecule has 0 saturated heterocycles. The van der Waals surface area contributed by atoms with Gasteiger partial charge in [0, 0.05) is 23.4 Å². The molecule has 114 valence electrons. The highest BCUT2D eigenvalue weighted by Gasteiger charge is 2.13. The molecule has 2 aromatic rings. The lowest BCUT2D eigenvalue weighted by molar-refractivity contribution is -0.119. The molecule has 0 aliphatic heterocycles. The minimum absolute atomic E-state index is 0. The predicted molar refractivity (Wildman–Crippen MR) is 91.1 cm³/mol. The molecule has 0 radical (unpaired) electrons. The van der Waals surface area contributed by atoms with E-state index in [1.54, 1.807) is 6.92 Å². The second-order valence-electron chi connectivity index (χ2n) is 4.96. The maximum absolute atomic E-state index is 11.8. The van der Waals surface area contributed by atoms with Gasteiger partial charge in [-0.25, -0.2) is 4.98 Å². The average Bonchev–Trinajstić information content (AvgIpc) is 2.89. The van der Waals surface area contributed by atoms with Crippen LogP contribution in [-0.4, -0.2) is 17.4 Å². The molecule has 0 aliphatic rings. The summed E-state index contributed by atoms with van der Waals surface area (Å²) < 4.78 is 0. The molecule has 6 heteroatoms. The zero-order chi connectivity index (χ0) is 14.7. The first-order valence-corrected chi connectivity index (χ1v) is 7.43. The summed E-state index contributed by atoms with van der Waals surface area (Å²) in [6.07, 6.45) is 0. The fourth-order valence-electron chi connectivity index (χ4n) is 1.70. The van der Waals surface area contributed by atoms with E-state index < -0.39 is 0 Å². The van der Waals surface area contributed by atoms with E-state index >= 15 is 0 Å². The van der Waals surface area contributed by atoms with E-state index in [1.807, 2.05) is 11.4 Å². The zero-order valence-corrected chi connectivity index (χ0v) is 14.0. The Labute approximate surface area is 135 Å². The fourth-order valence-corrected chi connectivity index (χ4v) is 2.42. The molecule has 0 aliphatic carbocycles. The molecular formula is C15H20ClN3OS. The van der Waals surface area contributed by atoms with Crippen molar-refractivity contribution in [3.05, 3.63) is 34.7 Å². The number of carbonyl (C=O) groups excluding carboxylic acids is 1. The molecule has 0 fully saturated rings. The van der Waals surface area contributed by atoms with Crippen LogP contribution in [0.5, 0.6) is 0 Å². The van der Waals surface area contributed by atoms with Crippen LogP contribution in [0.3, 0.4) is 0 Å². The number of thiazole rings is 1. The highest BCUT2D eigenvalue weighted by molar-refractivity contribution is 7.14. The Morgan fingerprint density at radius 1 is 1.38 bits per heavy atom. The van der Waals surface area contributed by atoms with Gasteiger partial charge in [0.15, 0.2) is 5.13 Å². The number of nitrogens with zero attached hydrogens (tertiary/aromatic N) is 1. The molecule has 0 bridgehead atoms. The summed E-state index contributed by atoms with van der Waals surface area (Å²) in [5, 5.41) is 5.36. The Kier molecular flexibility index (Phi) is 6.33. The van der Waals surface area contributed by atoms with Gasteiger partial charge in [-0.2, -0.15) is 0 Å². The predicted octanol–water partition coefficient (Wildman–Crippen LogP) is 3.38. The zero-order valence-electron chi connectivity index (χ0n) is 12.3. The lowest BCUT2D eigenvalue weighted by Crippen LogP contribution is -2.26. The van der Waals surface area contributed by atoms with E-state index in [2.05, 4.69) is 36.3 Å². The van der Waals surface area contributed by atoms with Crippen molar-refractivity contribution in [3.63, 3.8) is 0 Å². The average molecular weight is 326 g/mol. The monoisotopic (exact) mass is 325 g/mol. The first kappa shape index (κ1) is 17.6. The van der Waals surface area contributed by atoms with Gasteiger partial charge in [-0.3, -0.25) is 4.79 Å². The smallest absolute Gasteiger partial charge is 0.230 e. The number of carbonyl (C=O) groups is 1. The number of amides is 1. The molecule has 1 aromatic carbocycles. The summed E-state index contributed by atoms with van der Waals surface area (Å²) in [5.74, 6) is -0.294. The number of halogens is 1. The summed E-state index contributed by atoms with van der Waals surface area (Å²) in [5.41, 5.74) is 9.92. The Hall–Kier alpha value is -1.43. The molecule has 21 heavy (non-hydrogen) atoms. The van der Waals surface area contributed by atoms with Crippen LogP contribution in [0.25, 0.3) is 11.3 Å². The van der Waals surface area contributed by atoms with Crippen LogP contribution in [0, 0.1) is 19.8 Å². The number of nitrogens with one attached hydrogen (secondary N) is 1. The molecule has 0 saturated carbocycles. The minimum atomic E-state index is -0.205. The van der Waals surface area contributed by atoms with Crippen molar-refractivity contribution in [3.8, 4) is 11.3 Å². The number of nitrogens with two attached hydrogens (primary N) is 1. The third-order valence-corrected chi connectivity index (χ3v) is 4.10. The van der Waals surface area contributed by atoms with Crippen molar-refractivity contribution in [1.29, 1.82) is 0 Å². The van der Waals surface area contributed by atoms with Gasteiger partial charge in [0.1, 0.15) is 0 Å². The van der Waals surface area contributed by atoms with E-state index in [1.165, 1.54) is 22.5 Å². The topological polar surface area (TPSA) is 68.0 Å². The molecule has 3 N–H and O–H groups in total. The highest BCUT2D eigenvalue weighted by Crippen LogP contribution is 2.26. The molecule has 4 nitrogen and oxygen atoms in total. The van der Waals surface area contributed by atoms with Crippen molar-refractivity contribution in [2.45, 2.75) is 20.8 Å².